The van der Waals surface area contributed by atoms with E-state index in [1.54, 1.807) is 0 Å². The summed E-state index contributed by atoms with van der Waals surface area (Å²) in [7, 11) is 0. The normalized spacial score (nSPS) is 14.5. The Balaban J connectivity index is 2.96. The van der Waals surface area contributed by atoms with Gasteiger partial charge in [-0.1, -0.05) is 27.2 Å². The van der Waals surface area contributed by atoms with Crippen molar-refractivity contribution < 1.29 is 4.74 Å². The van der Waals surface area contributed by atoms with Crippen LogP contribution in [0.15, 0.2) is 18.3 Å². The van der Waals surface area contributed by atoms with Crippen LogP contribution in [0.25, 0.3) is 0 Å². The fourth-order valence-electron chi connectivity index (χ4n) is 2.09. The summed E-state index contributed by atoms with van der Waals surface area (Å²) in [5.41, 5.74) is 1.60. The largest absolute Gasteiger partial charge is 0.478 e. The van der Waals surface area contributed by atoms with Gasteiger partial charge in [-0.15, -0.1) is 0 Å². The van der Waals surface area contributed by atoms with Crippen LogP contribution in [-0.4, -0.2) is 11.6 Å². The second kappa shape index (κ2) is 5.88. The van der Waals surface area contributed by atoms with Gasteiger partial charge in [0.05, 0.1) is 6.61 Å². The first kappa shape index (κ1) is 13.0. The van der Waals surface area contributed by atoms with Crippen molar-refractivity contribution in [3.63, 3.8) is 0 Å². The SMILES string of the molecule is CCCC(C)(CC)c1ccnc(OCC)c1. The molecule has 0 aromatic carbocycles. The second-order valence-electron chi connectivity index (χ2n) is 4.48. The summed E-state index contributed by atoms with van der Waals surface area (Å²) in [5, 5.41) is 0. The van der Waals surface area contributed by atoms with Crippen LogP contribution in [0.3, 0.4) is 0 Å². The summed E-state index contributed by atoms with van der Waals surface area (Å²) >= 11 is 0. The van der Waals surface area contributed by atoms with E-state index in [0.29, 0.717) is 6.61 Å². The summed E-state index contributed by atoms with van der Waals surface area (Å²) in [6.45, 7) is 9.46. The van der Waals surface area contributed by atoms with Crippen LogP contribution in [0.5, 0.6) is 5.88 Å². The zero-order chi connectivity index (χ0) is 12.0. The number of rotatable bonds is 6. The number of pyridine rings is 1. The molecule has 90 valence electrons. The van der Waals surface area contributed by atoms with Crippen LogP contribution < -0.4 is 4.74 Å². The van der Waals surface area contributed by atoms with E-state index < -0.39 is 0 Å². The molecule has 0 bridgehead atoms. The molecule has 16 heavy (non-hydrogen) atoms. The number of nitrogens with zero attached hydrogens (tertiary/aromatic N) is 1. The van der Waals surface area contributed by atoms with E-state index in [1.165, 1.54) is 18.4 Å². The molecule has 0 aliphatic rings. The minimum atomic E-state index is 0.254. The molecule has 2 heteroatoms. The van der Waals surface area contributed by atoms with Crippen molar-refractivity contribution in [2.45, 2.75) is 52.4 Å². The minimum absolute atomic E-state index is 0.254. The van der Waals surface area contributed by atoms with Gasteiger partial charge in [-0.3, -0.25) is 0 Å². The number of aromatic nitrogens is 1. The summed E-state index contributed by atoms with van der Waals surface area (Å²) in [6.07, 6.45) is 5.41. The van der Waals surface area contributed by atoms with E-state index >= 15 is 0 Å². The smallest absolute Gasteiger partial charge is 0.213 e. The topological polar surface area (TPSA) is 22.1 Å². The van der Waals surface area contributed by atoms with Crippen molar-refractivity contribution in [3.8, 4) is 5.88 Å². The molecular formula is C14H23NO. The summed E-state index contributed by atoms with van der Waals surface area (Å²) < 4.78 is 5.45. The van der Waals surface area contributed by atoms with E-state index in [9.17, 15) is 0 Å². The molecule has 1 aromatic heterocycles. The molecule has 1 aromatic rings. The molecular weight excluding hydrogens is 198 g/mol. The molecule has 0 saturated heterocycles. The van der Waals surface area contributed by atoms with Gasteiger partial charge in [0.25, 0.3) is 0 Å². The highest BCUT2D eigenvalue weighted by molar-refractivity contribution is 5.27. The lowest BCUT2D eigenvalue weighted by molar-refractivity contribution is 0.324. The highest BCUT2D eigenvalue weighted by Gasteiger charge is 2.23. The molecule has 2 nitrogen and oxygen atoms in total. The Morgan fingerprint density at radius 2 is 2.06 bits per heavy atom. The molecule has 0 radical (unpaired) electrons. The molecule has 0 aliphatic carbocycles. The first-order valence-electron chi connectivity index (χ1n) is 6.25. The zero-order valence-corrected chi connectivity index (χ0v) is 10.9. The van der Waals surface area contributed by atoms with Gasteiger partial charge in [-0.2, -0.15) is 0 Å². The Kier molecular flexibility index (Phi) is 4.78. The molecule has 0 saturated carbocycles. The van der Waals surface area contributed by atoms with Crippen LogP contribution in [-0.2, 0) is 5.41 Å². The maximum absolute atomic E-state index is 5.45. The third kappa shape index (κ3) is 2.97. The van der Waals surface area contributed by atoms with Gasteiger partial charge in [-0.25, -0.2) is 4.98 Å². The van der Waals surface area contributed by atoms with E-state index in [2.05, 4.69) is 37.9 Å². The standard InChI is InChI=1S/C14H23NO/c1-5-9-14(4,6-2)12-8-10-15-13(11-12)16-7-3/h8,10-11H,5-7,9H2,1-4H3. The van der Waals surface area contributed by atoms with Crippen molar-refractivity contribution in [2.75, 3.05) is 6.61 Å². The number of ether oxygens (including phenoxy) is 1. The van der Waals surface area contributed by atoms with Crippen LogP contribution in [0.1, 0.15) is 52.5 Å². The van der Waals surface area contributed by atoms with Crippen molar-refractivity contribution >= 4 is 0 Å². The average molecular weight is 221 g/mol. The van der Waals surface area contributed by atoms with Crippen LogP contribution in [0.2, 0.25) is 0 Å². The van der Waals surface area contributed by atoms with Crippen molar-refractivity contribution in [1.82, 2.24) is 4.98 Å². The quantitative estimate of drug-likeness (QED) is 0.725. The maximum atomic E-state index is 5.45. The lowest BCUT2D eigenvalue weighted by atomic mass is 9.77. The molecule has 0 spiro atoms. The first-order chi connectivity index (χ1) is 7.66. The molecule has 1 unspecified atom stereocenters. The fourth-order valence-corrected chi connectivity index (χ4v) is 2.09. The fraction of sp³-hybridized carbons (Fsp3) is 0.643. The average Bonchev–Trinajstić information content (AvgIpc) is 2.30. The maximum Gasteiger partial charge on any atom is 0.213 e. The van der Waals surface area contributed by atoms with Crippen LogP contribution in [0, 0.1) is 0 Å². The Morgan fingerprint density at radius 1 is 1.31 bits per heavy atom. The van der Waals surface area contributed by atoms with Gasteiger partial charge >= 0.3 is 0 Å². The Hall–Kier alpha value is -1.05. The number of hydrogen-bond acceptors (Lipinski definition) is 2. The van der Waals surface area contributed by atoms with E-state index in [0.717, 1.165) is 12.3 Å². The third-order valence-electron chi connectivity index (χ3n) is 3.31. The molecule has 0 aliphatic heterocycles. The Bertz CT molecular complexity index is 324. The summed E-state index contributed by atoms with van der Waals surface area (Å²) in [4.78, 5) is 4.21. The van der Waals surface area contributed by atoms with Crippen LogP contribution in [0.4, 0.5) is 0 Å². The van der Waals surface area contributed by atoms with E-state index in [4.69, 9.17) is 4.74 Å². The van der Waals surface area contributed by atoms with Gasteiger partial charge in [0, 0.05) is 12.3 Å². The minimum Gasteiger partial charge on any atom is -0.478 e. The third-order valence-corrected chi connectivity index (χ3v) is 3.31. The molecule has 1 atom stereocenters. The van der Waals surface area contributed by atoms with Crippen molar-refractivity contribution in [3.05, 3.63) is 23.9 Å². The first-order valence-corrected chi connectivity index (χ1v) is 6.25. The van der Waals surface area contributed by atoms with Gasteiger partial charge in [0.15, 0.2) is 0 Å². The van der Waals surface area contributed by atoms with Gasteiger partial charge in [-0.05, 0) is 36.8 Å². The zero-order valence-electron chi connectivity index (χ0n) is 10.9. The molecule has 0 fully saturated rings. The lowest BCUT2D eigenvalue weighted by Gasteiger charge is -2.28. The predicted molar refractivity (Wildman–Crippen MR) is 68.0 cm³/mol. The Labute approximate surface area is 99.0 Å². The monoisotopic (exact) mass is 221 g/mol. The van der Waals surface area contributed by atoms with Gasteiger partial charge in [0.2, 0.25) is 5.88 Å². The van der Waals surface area contributed by atoms with E-state index in [1.807, 2.05) is 13.1 Å². The Morgan fingerprint density at radius 3 is 2.62 bits per heavy atom. The molecule has 0 N–H and O–H groups in total. The second-order valence-corrected chi connectivity index (χ2v) is 4.48. The lowest BCUT2D eigenvalue weighted by Crippen LogP contribution is -2.20. The summed E-state index contributed by atoms with van der Waals surface area (Å²) in [6, 6.07) is 4.20. The molecule has 1 heterocycles. The van der Waals surface area contributed by atoms with E-state index in [-0.39, 0.29) is 5.41 Å². The van der Waals surface area contributed by atoms with Crippen LogP contribution >= 0.6 is 0 Å². The van der Waals surface area contributed by atoms with Gasteiger partial charge < -0.3 is 4.74 Å². The highest BCUT2D eigenvalue weighted by Crippen LogP contribution is 2.33. The predicted octanol–water partition coefficient (Wildman–Crippen LogP) is 3.95. The molecule has 1 rings (SSSR count). The molecule has 0 amide bonds. The van der Waals surface area contributed by atoms with Gasteiger partial charge in [0.1, 0.15) is 0 Å². The van der Waals surface area contributed by atoms with Crippen molar-refractivity contribution in [2.24, 2.45) is 0 Å². The number of hydrogen-bond donors (Lipinski definition) is 0. The van der Waals surface area contributed by atoms with Crippen molar-refractivity contribution in [1.29, 1.82) is 0 Å². The summed E-state index contributed by atoms with van der Waals surface area (Å²) in [5.74, 6) is 0.746. The highest BCUT2D eigenvalue weighted by atomic mass is 16.5.